The van der Waals surface area contributed by atoms with E-state index in [1.54, 1.807) is 0 Å². The van der Waals surface area contributed by atoms with Crippen molar-refractivity contribution < 1.29 is 4.79 Å². The second-order valence-corrected chi connectivity index (χ2v) is 7.47. The second kappa shape index (κ2) is 2.91. The first-order chi connectivity index (χ1) is 7.38. The Labute approximate surface area is 99.0 Å². The Morgan fingerprint density at radius 2 is 1.88 bits per heavy atom. The van der Waals surface area contributed by atoms with E-state index in [0.717, 1.165) is 6.42 Å². The third kappa shape index (κ3) is 1.05. The minimum atomic E-state index is 0.393. The highest BCUT2D eigenvalue weighted by Crippen LogP contribution is 2.69. The van der Waals surface area contributed by atoms with Crippen molar-refractivity contribution in [2.45, 2.75) is 53.4 Å². The molecule has 0 aliphatic heterocycles. The predicted molar refractivity (Wildman–Crippen MR) is 65.0 cm³/mol. The monoisotopic (exact) mass is 220 g/mol. The predicted octanol–water partition coefficient (Wildman–Crippen LogP) is 3.67. The molecule has 16 heavy (non-hydrogen) atoms. The van der Waals surface area contributed by atoms with Crippen LogP contribution in [0.5, 0.6) is 0 Å². The molecule has 3 saturated carbocycles. The lowest BCUT2D eigenvalue weighted by Crippen LogP contribution is -2.36. The van der Waals surface area contributed by atoms with Gasteiger partial charge in [0.1, 0.15) is 5.78 Å². The summed E-state index contributed by atoms with van der Waals surface area (Å²) in [6.07, 6.45) is 4.92. The van der Waals surface area contributed by atoms with Gasteiger partial charge in [0.05, 0.1) is 0 Å². The first-order valence-electron chi connectivity index (χ1n) is 6.91. The summed E-state index contributed by atoms with van der Waals surface area (Å²) in [6.45, 7) is 9.61. The molecule has 3 aliphatic carbocycles. The Morgan fingerprint density at radius 3 is 2.56 bits per heavy atom. The van der Waals surface area contributed by atoms with Gasteiger partial charge >= 0.3 is 0 Å². The lowest BCUT2D eigenvalue weighted by molar-refractivity contribution is -0.127. The second-order valence-electron chi connectivity index (χ2n) is 7.47. The van der Waals surface area contributed by atoms with E-state index in [0.29, 0.717) is 40.3 Å². The van der Waals surface area contributed by atoms with Crippen molar-refractivity contribution in [1.29, 1.82) is 0 Å². The van der Waals surface area contributed by atoms with Crippen molar-refractivity contribution in [2.24, 2.45) is 34.5 Å². The van der Waals surface area contributed by atoms with Crippen molar-refractivity contribution in [3.05, 3.63) is 0 Å². The summed E-state index contributed by atoms with van der Waals surface area (Å²) >= 11 is 0. The van der Waals surface area contributed by atoms with E-state index in [1.165, 1.54) is 19.3 Å². The fraction of sp³-hybridized carbons (Fsp3) is 0.933. The fourth-order valence-electron chi connectivity index (χ4n) is 5.45. The van der Waals surface area contributed by atoms with Gasteiger partial charge in [-0.05, 0) is 41.4 Å². The topological polar surface area (TPSA) is 17.1 Å². The molecule has 0 amide bonds. The Kier molecular flexibility index (Phi) is 1.97. The Morgan fingerprint density at radius 1 is 1.19 bits per heavy atom. The summed E-state index contributed by atoms with van der Waals surface area (Å²) in [5.41, 5.74) is 0.862. The molecular weight excluding hydrogens is 196 g/mol. The average Bonchev–Trinajstić information content (AvgIpc) is 2.58. The Bertz CT molecular complexity index is 343. The van der Waals surface area contributed by atoms with Crippen LogP contribution in [0.15, 0.2) is 0 Å². The maximum atomic E-state index is 12.1. The molecule has 0 aromatic rings. The zero-order chi connectivity index (χ0) is 11.7. The van der Waals surface area contributed by atoms with Gasteiger partial charge in [-0.3, -0.25) is 4.79 Å². The van der Waals surface area contributed by atoms with E-state index in [4.69, 9.17) is 0 Å². The number of ketones is 1. The van der Waals surface area contributed by atoms with Crippen molar-refractivity contribution >= 4 is 5.78 Å². The van der Waals surface area contributed by atoms with E-state index in [1.807, 2.05) is 0 Å². The van der Waals surface area contributed by atoms with Gasteiger partial charge < -0.3 is 0 Å². The van der Waals surface area contributed by atoms with Gasteiger partial charge in [0.25, 0.3) is 0 Å². The highest BCUT2D eigenvalue weighted by Gasteiger charge is 2.66. The maximum absolute atomic E-state index is 12.1. The molecule has 0 heterocycles. The molecule has 1 nitrogen and oxygen atoms in total. The van der Waals surface area contributed by atoms with Crippen molar-refractivity contribution in [1.82, 2.24) is 0 Å². The fourth-order valence-corrected chi connectivity index (χ4v) is 5.45. The minimum Gasteiger partial charge on any atom is -0.299 e. The maximum Gasteiger partial charge on any atom is 0.136 e. The zero-order valence-electron chi connectivity index (χ0n) is 11.0. The van der Waals surface area contributed by atoms with Crippen molar-refractivity contribution in [3.63, 3.8) is 0 Å². The molecule has 1 heteroatoms. The van der Waals surface area contributed by atoms with Crippen LogP contribution in [-0.2, 0) is 4.79 Å². The van der Waals surface area contributed by atoms with Crippen LogP contribution in [0.3, 0.4) is 0 Å². The van der Waals surface area contributed by atoms with E-state index in [9.17, 15) is 4.79 Å². The summed E-state index contributed by atoms with van der Waals surface area (Å²) in [4.78, 5) is 12.1. The van der Waals surface area contributed by atoms with Gasteiger partial charge in [0.15, 0.2) is 0 Å². The summed E-state index contributed by atoms with van der Waals surface area (Å²) < 4.78 is 0. The third-order valence-electron chi connectivity index (χ3n) is 6.48. The number of Topliss-reactive ketones (excluding diaryl/α,β-unsaturated/α-hetero) is 1. The van der Waals surface area contributed by atoms with Gasteiger partial charge in [0, 0.05) is 12.3 Å². The molecule has 3 aliphatic rings. The van der Waals surface area contributed by atoms with Crippen LogP contribution in [0.1, 0.15) is 53.4 Å². The van der Waals surface area contributed by atoms with Crippen molar-refractivity contribution in [3.8, 4) is 0 Å². The molecule has 4 bridgehead atoms. The van der Waals surface area contributed by atoms with Crippen molar-refractivity contribution in [2.75, 3.05) is 0 Å². The molecule has 3 rings (SSSR count). The number of carbonyl (C=O) groups is 1. The van der Waals surface area contributed by atoms with Crippen LogP contribution in [-0.4, -0.2) is 5.78 Å². The van der Waals surface area contributed by atoms with Crippen LogP contribution in [0.4, 0.5) is 0 Å². The highest BCUT2D eigenvalue weighted by molar-refractivity contribution is 5.86. The molecule has 3 fully saturated rings. The molecular formula is C15H24O. The van der Waals surface area contributed by atoms with E-state index < -0.39 is 0 Å². The zero-order valence-corrected chi connectivity index (χ0v) is 11.0. The molecule has 0 aromatic carbocycles. The largest absolute Gasteiger partial charge is 0.299 e. The number of carbonyl (C=O) groups excluding carboxylic acids is 1. The molecule has 90 valence electrons. The lowest BCUT2D eigenvalue weighted by atomic mass is 9.65. The summed E-state index contributed by atoms with van der Waals surface area (Å²) in [5.74, 6) is 2.98. The number of hydrogen-bond donors (Lipinski definition) is 0. The van der Waals surface area contributed by atoms with E-state index in [2.05, 4.69) is 27.7 Å². The van der Waals surface area contributed by atoms with Crippen LogP contribution < -0.4 is 0 Å². The molecule has 0 spiro atoms. The van der Waals surface area contributed by atoms with Gasteiger partial charge in [-0.1, -0.05) is 34.1 Å². The SMILES string of the molecule is C[C@@H]1[C@@H]2C(=O)C[C@H]3[C@@H]2C(C)(C)CCC[C@]13C. The Balaban J connectivity index is 2.11. The minimum absolute atomic E-state index is 0.393. The summed E-state index contributed by atoms with van der Waals surface area (Å²) in [7, 11) is 0. The molecule has 5 atom stereocenters. The van der Waals surface area contributed by atoms with Gasteiger partial charge in [-0.25, -0.2) is 0 Å². The van der Waals surface area contributed by atoms with Crippen LogP contribution in [0, 0.1) is 34.5 Å². The summed E-state index contributed by atoms with van der Waals surface area (Å²) in [5, 5.41) is 0. The van der Waals surface area contributed by atoms with Crippen LogP contribution >= 0.6 is 0 Å². The van der Waals surface area contributed by atoms with Crippen LogP contribution in [0.25, 0.3) is 0 Å². The summed E-state index contributed by atoms with van der Waals surface area (Å²) in [6, 6.07) is 0. The van der Waals surface area contributed by atoms with E-state index >= 15 is 0 Å². The number of hydrogen-bond acceptors (Lipinski definition) is 1. The van der Waals surface area contributed by atoms with Crippen LogP contribution in [0.2, 0.25) is 0 Å². The third-order valence-corrected chi connectivity index (χ3v) is 6.48. The highest BCUT2D eigenvalue weighted by atomic mass is 16.1. The lowest BCUT2D eigenvalue weighted by Gasteiger charge is -2.39. The normalized spacial score (nSPS) is 54.1. The Hall–Kier alpha value is -0.330. The van der Waals surface area contributed by atoms with Gasteiger partial charge in [-0.15, -0.1) is 0 Å². The smallest absolute Gasteiger partial charge is 0.136 e. The standard InChI is InChI=1S/C15H24O/c1-9-12-11(16)8-10-13(12)14(2,3)6-5-7-15(9,10)4/h9-10,12-13H,5-8H2,1-4H3/t9-,10+,12-,13+,15-/m1/s1. The molecule has 0 N–H and O–H groups in total. The first-order valence-corrected chi connectivity index (χ1v) is 6.91. The van der Waals surface area contributed by atoms with Gasteiger partial charge in [-0.2, -0.15) is 0 Å². The molecule has 0 unspecified atom stereocenters. The molecule has 0 aromatic heterocycles. The quantitative estimate of drug-likeness (QED) is 0.608. The molecule has 0 saturated heterocycles. The average molecular weight is 220 g/mol. The number of rotatable bonds is 0. The van der Waals surface area contributed by atoms with E-state index in [-0.39, 0.29) is 0 Å². The first kappa shape index (κ1) is 10.8. The van der Waals surface area contributed by atoms with Gasteiger partial charge in [0.2, 0.25) is 0 Å². The molecule has 0 radical (unpaired) electrons.